The molecule has 1 fully saturated rings. The summed E-state index contributed by atoms with van der Waals surface area (Å²) in [5.74, 6) is 1.81. The van der Waals surface area contributed by atoms with Crippen molar-refractivity contribution in [2.45, 2.75) is 51.0 Å². The second-order valence-electron chi connectivity index (χ2n) is 7.46. The number of hydrogen-bond donors (Lipinski definition) is 1. The SMILES string of the molecule is CN(C)C(CNC(=O)CC1CCCCC1)c1ccc2c(c1)CCO2. The number of ether oxygens (including phenoxy) is 1. The van der Waals surface area contributed by atoms with E-state index >= 15 is 0 Å². The number of nitrogens with one attached hydrogen (secondary N) is 1. The van der Waals surface area contributed by atoms with Gasteiger partial charge < -0.3 is 15.0 Å². The third kappa shape index (κ3) is 4.29. The van der Waals surface area contributed by atoms with Crippen molar-refractivity contribution >= 4 is 5.91 Å². The number of carbonyl (C=O) groups is 1. The minimum Gasteiger partial charge on any atom is -0.493 e. The second kappa shape index (κ2) is 8.02. The predicted molar refractivity (Wildman–Crippen MR) is 96.3 cm³/mol. The lowest BCUT2D eigenvalue weighted by atomic mass is 9.87. The second-order valence-corrected chi connectivity index (χ2v) is 7.46. The zero-order chi connectivity index (χ0) is 16.9. The molecule has 24 heavy (non-hydrogen) atoms. The van der Waals surface area contributed by atoms with Crippen LogP contribution >= 0.6 is 0 Å². The van der Waals surface area contributed by atoms with E-state index in [-0.39, 0.29) is 11.9 Å². The molecule has 1 N–H and O–H groups in total. The van der Waals surface area contributed by atoms with Gasteiger partial charge in [0.05, 0.1) is 12.6 Å². The van der Waals surface area contributed by atoms with Gasteiger partial charge in [-0.3, -0.25) is 4.79 Å². The molecule has 1 saturated carbocycles. The molecule has 1 heterocycles. The Morgan fingerprint density at radius 2 is 2.08 bits per heavy atom. The highest BCUT2D eigenvalue weighted by atomic mass is 16.5. The van der Waals surface area contributed by atoms with E-state index in [9.17, 15) is 4.79 Å². The maximum atomic E-state index is 12.3. The highest BCUT2D eigenvalue weighted by Gasteiger charge is 2.21. The normalized spacial score (nSPS) is 19.0. The van der Waals surface area contributed by atoms with Crippen LogP contribution < -0.4 is 10.1 Å². The Morgan fingerprint density at radius 1 is 1.29 bits per heavy atom. The lowest BCUT2D eigenvalue weighted by molar-refractivity contribution is -0.122. The van der Waals surface area contributed by atoms with E-state index in [1.165, 1.54) is 43.2 Å². The first-order valence-corrected chi connectivity index (χ1v) is 9.32. The summed E-state index contributed by atoms with van der Waals surface area (Å²) in [6, 6.07) is 6.63. The van der Waals surface area contributed by atoms with Crippen molar-refractivity contribution in [3.63, 3.8) is 0 Å². The van der Waals surface area contributed by atoms with E-state index < -0.39 is 0 Å². The van der Waals surface area contributed by atoms with E-state index in [1.807, 2.05) is 0 Å². The maximum absolute atomic E-state index is 12.3. The van der Waals surface area contributed by atoms with Gasteiger partial charge in [-0.25, -0.2) is 0 Å². The first-order valence-electron chi connectivity index (χ1n) is 9.32. The highest BCUT2D eigenvalue weighted by Crippen LogP contribution is 2.30. The number of carbonyl (C=O) groups excluding carboxylic acids is 1. The molecule has 4 nitrogen and oxygen atoms in total. The van der Waals surface area contributed by atoms with Crippen molar-refractivity contribution in [3.8, 4) is 5.75 Å². The van der Waals surface area contributed by atoms with Gasteiger partial charge in [0.1, 0.15) is 5.75 Å². The van der Waals surface area contributed by atoms with Gasteiger partial charge in [0.2, 0.25) is 5.91 Å². The Morgan fingerprint density at radius 3 is 2.83 bits per heavy atom. The molecule has 1 aliphatic carbocycles. The average molecular weight is 330 g/mol. The standard InChI is InChI=1S/C20H30N2O2/c1-22(2)18(16-8-9-19-17(13-16)10-11-24-19)14-21-20(23)12-15-6-4-3-5-7-15/h8-9,13,15,18H,3-7,10-12,14H2,1-2H3,(H,21,23). The minimum absolute atomic E-state index is 0.200. The lowest BCUT2D eigenvalue weighted by Gasteiger charge is -2.26. The minimum atomic E-state index is 0.200. The monoisotopic (exact) mass is 330 g/mol. The van der Waals surface area contributed by atoms with Crippen LogP contribution in [0.2, 0.25) is 0 Å². The number of amides is 1. The molecule has 1 aromatic rings. The highest BCUT2D eigenvalue weighted by molar-refractivity contribution is 5.76. The van der Waals surface area contributed by atoms with Gasteiger partial charge in [-0.1, -0.05) is 31.4 Å². The molecule has 0 aromatic heterocycles. The molecule has 0 spiro atoms. The molecular weight excluding hydrogens is 300 g/mol. The molecule has 1 atom stereocenters. The average Bonchev–Trinajstić information content (AvgIpc) is 3.03. The Labute approximate surface area is 145 Å². The quantitative estimate of drug-likeness (QED) is 0.870. The summed E-state index contributed by atoms with van der Waals surface area (Å²) >= 11 is 0. The summed E-state index contributed by atoms with van der Waals surface area (Å²) in [4.78, 5) is 14.5. The van der Waals surface area contributed by atoms with Crippen molar-refractivity contribution in [1.82, 2.24) is 10.2 Å². The molecule has 1 amide bonds. The Balaban J connectivity index is 1.57. The predicted octanol–water partition coefficient (Wildman–Crippen LogP) is 3.31. The van der Waals surface area contributed by atoms with E-state index in [4.69, 9.17) is 4.74 Å². The van der Waals surface area contributed by atoms with Crippen molar-refractivity contribution in [1.29, 1.82) is 0 Å². The van der Waals surface area contributed by atoms with Crippen LogP contribution in [0.1, 0.15) is 55.7 Å². The number of rotatable bonds is 6. The fourth-order valence-corrected chi connectivity index (χ4v) is 3.95. The third-order valence-electron chi connectivity index (χ3n) is 5.41. The van der Waals surface area contributed by atoms with Crippen LogP contribution in [0, 0.1) is 5.92 Å². The van der Waals surface area contributed by atoms with Crippen LogP contribution in [0.4, 0.5) is 0 Å². The maximum Gasteiger partial charge on any atom is 0.220 e. The first kappa shape index (κ1) is 17.3. The molecule has 0 bridgehead atoms. The summed E-state index contributed by atoms with van der Waals surface area (Å²) in [5, 5.41) is 3.17. The Bertz CT molecular complexity index is 565. The zero-order valence-corrected chi connectivity index (χ0v) is 15.0. The molecule has 3 rings (SSSR count). The van der Waals surface area contributed by atoms with E-state index in [0.717, 1.165) is 18.8 Å². The third-order valence-corrected chi connectivity index (χ3v) is 5.41. The Kier molecular flexibility index (Phi) is 5.77. The number of fused-ring (bicyclic) bond motifs is 1. The van der Waals surface area contributed by atoms with Crippen molar-refractivity contribution in [3.05, 3.63) is 29.3 Å². The van der Waals surface area contributed by atoms with Crippen LogP contribution in [0.25, 0.3) is 0 Å². The zero-order valence-electron chi connectivity index (χ0n) is 15.0. The molecule has 0 radical (unpaired) electrons. The number of nitrogens with zero attached hydrogens (tertiary/aromatic N) is 1. The van der Waals surface area contributed by atoms with Crippen molar-refractivity contribution < 1.29 is 9.53 Å². The van der Waals surface area contributed by atoms with Gasteiger partial charge >= 0.3 is 0 Å². The number of hydrogen-bond acceptors (Lipinski definition) is 3. The largest absolute Gasteiger partial charge is 0.493 e. The van der Waals surface area contributed by atoms with Crippen molar-refractivity contribution in [2.75, 3.05) is 27.2 Å². The van der Waals surface area contributed by atoms with Crippen LogP contribution in [0.5, 0.6) is 5.75 Å². The lowest BCUT2D eigenvalue weighted by Crippen LogP contribution is -2.35. The molecule has 1 aromatic carbocycles. The fourth-order valence-electron chi connectivity index (χ4n) is 3.95. The van der Waals surface area contributed by atoms with E-state index in [0.29, 0.717) is 18.9 Å². The van der Waals surface area contributed by atoms with Gasteiger partial charge in [0.15, 0.2) is 0 Å². The number of likely N-dealkylation sites (N-methyl/N-ethyl adjacent to an activating group) is 1. The molecule has 1 unspecified atom stereocenters. The fraction of sp³-hybridized carbons (Fsp3) is 0.650. The molecule has 4 heteroatoms. The van der Waals surface area contributed by atoms with Crippen LogP contribution in [0.15, 0.2) is 18.2 Å². The van der Waals surface area contributed by atoms with E-state index in [1.54, 1.807) is 0 Å². The van der Waals surface area contributed by atoms with Crippen LogP contribution in [-0.4, -0.2) is 38.1 Å². The summed E-state index contributed by atoms with van der Waals surface area (Å²) in [7, 11) is 4.14. The summed E-state index contributed by atoms with van der Waals surface area (Å²) in [5.41, 5.74) is 2.54. The summed E-state index contributed by atoms with van der Waals surface area (Å²) < 4.78 is 5.59. The van der Waals surface area contributed by atoms with Crippen LogP contribution in [-0.2, 0) is 11.2 Å². The summed E-state index contributed by atoms with van der Waals surface area (Å²) in [6.07, 6.45) is 8.02. The number of benzene rings is 1. The van der Waals surface area contributed by atoms with Gasteiger partial charge in [0, 0.05) is 19.4 Å². The Hall–Kier alpha value is -1.55. The molecule has 2 aliphatic rings. The van der Waals surface area contributed by atoms with E-state index in [2.05, 4.69) is 42.5 Å². The van der Waals surface area contributed by atoms with Gasteiger partial charge in [-0.2, -0.15) is 0 Å². The summed E-state index contributed by atoms with van der Waals surface area (Å²) in [6.45, 7) is 1.45. The van der Waals surface area contributed by atoms with Gasteiger partial charge in [0.25, 0.3) is 0 Å². The van der Waals surface area contributed by atoms with Gasteiger partial charge in [-0.15, -0.1) is 0 Å². The molecule has 1 aliphatic heterocycles. The molecule has 132 valence electrons. The molecule has 0 saturated heterocycles. The van der Waals surface area contributed by atoms with Crippen molar-refractivity contribution in [2.24, 2.45) is 5.92 Å². The molecular formula is C20H30N2O2. The topological polar surface area (TPSA) is 41.6 Å². The smallest absolute Gasteiger partial charge is 0.220 e. The van der Waals surface area contributed by atoms with Crippen LogP contribution in [0.3, 0.4) is 0 Å². The first-order chi connectivity index (χ1) is 11.6. The van der Waals surface area contributed by atoms with Gasteiger partial charge in [-0.05, 0) is 50.0 Å².